The van der Waals surface area contributed by atoms with Crippen LogP contribution in [-0.4, -0.2) is 35.3 Å². The van der Waals surface area contributed by atoms with Gasteiger partial charge in [0, 0.05) is 38.3 Å². The molecule has 1 aromatic carbocycles. The Morgan fingerprint density at radius 3 is 2.72 bits per heavy atom. The summed E-state index contributed by atoms with van der Waals surface area (Å²) < 4.78 is 18.5. The normalized spacial score (nSPS) is 11.8. The van der Waals surface area contributed by atoms with Gasteiger partial charge in [0.1, 0.15) is 5.82 Å². The Morgan fingerprint density at radius 1 is 1.36 bits per heavy atom. The number of pyridine rings is 1. The summed E-state index contributed by atoms with van der Waals surface area (Å²) in [6, 6.07) is 8.42. The van der Waals surface area contributed by atoms with Crippen LogP contribution in [-0.2, 0) is 4.74 Å². The molecule has 0 fully saturated rings. The maximum Gasteiger partial charge on any atom is 0.173 e. The van der Waals surface area contributed by atoms with Crippen molar-refractivity contribution in [2.24, 2.45) is 0 Å². The van der Waals surface area contributed by atoms with Crippen LogP contribution in [0.4, 0.5) is 10.1 Å². The number of nitrogens with one attached hydrogen (secondary N) is 1. The summed E-state index contributed by atoms with van der Waals surface area (Å²) in [7, 11) is 1.67. The molecule has 2 aromatic rings. The first-order valence-electron chi connectivity index (χ1n) is 7.94. The smallest absolute Gasteiger partial charge is 0.173 e. The molecule has 0 saturated carbocycles. The molecule has 25 heavy (non-hydrogen) atoms. The quantitative estimate of drug-likeness (QED) is 0.557. The fourth-order valence-electron chi connectivity index (χ4n) is 2.44. The van der Waals surface area contributed by atoms with Crippen molar-refractivity contribution in [3.63, 3.8) is 0 Å². The van der Waals surface area contributed by atoms with E-state index in [1.807, 2.05) is 12.1 Å². The van der Waals surface area contributed by atoms with E-state index in [4.69, 9.17) is 28.6 Å². The average Bonchev–Trinajstić information content (AvgIpc) is 2.62. The van der Waals surface area contributed by atoms with Gasteiger partial charge >= 0.3 is 0 Å². The van der Waals surface area contributed by atoms with E-state index < -0.39 is 5.82 Å². The van der Waals surface area contributed by atoms with Crippen LogP contribution in [0.1, 0.15) is 24.9 Å². The third-order valence-corrected chi connectivity index (χ3v) is 4.46. The number of nitrogens with zero attached hydrogens (tertiary/aromatic N) is 2. The van der Waals surface area contributed by atoms with Gasteiger partial charge in [-0.2, -0.15) is 0 Å². The van der Waals surface area contributed by atoms with Crippen molar-refractivity contribution in [3.8, 4) is 0 Å². The molecule has 134 valence electrons. The van der Waals surface area contributed by atoms with E-state index in [1.54, 1.807) is 25.6 Å². The van der Waals surface area contributed by atoms with E-state index in [1.165, 1.54) is 12.1 Å². The molecular weight excluding hydrogens is 361 g/mol. The van der Waals surface area contributed by atoms with E-state index in [2.05, 4.69) is 22.1 Å². The van der Waals surface area contributed by atoms with Crippen molar-refractivity contribution in [2.45, 2.75) is 19.4 Å². The van der Waals surface area contributed by atoms with Crippen LogP contribution in [0.25, 0.3) is 0 Å². The highest BCUT2D eigenvalue weighted by Crippen LogP contribution is 2.23. The maximum absolute atomic E-state index is 13.3. The Kier molecular flexibility index (Phi) is 7.55. The second-order valence-electron chi connectivity index (χ2n) is 5.56. The van der Waals surface area contributed by atoms with Crippen LogP contribution in [0, 0.1) is 5.82 Å². The molecule has 0 aliphatic rings. The van der Waals surface area contributed by atoms with E-state index in [0.29, 0.717) is 17.4 Å². The third kappa shape index (κ3) is 5.63. The lowest BCUT2D eigenvalue weighted by Gasteiger charge is -2.32. The highest BCUT2D eigenvalue weighted by Gasteiger charge is 2.19. The Balaban J connectivity index is 2.15. The monoisotopic (exact) mass is 381 g/mol. The second kappa shape index (κ2) is 9.65. The lowest BCUT2D eigenvalue weighted by molar-refractivity contribution is 0.181. The minimum atomic E-state index is -0.458. The molecule has 1 heterocycles. The fraction of sp³-hybridized carbons (Fsp3) is 0.333. The summed E-state index contributed by atoms with van der Waals surface area (Å²) in [5, 5.41) is 3.74. The van der Waals surface area contributed by atoms with Crippen molar-refractivity contribution in [3.05, 3.63) is 59.1 Å². The van der Waals surface area contributed by atoms with Crippen molar-refractivity contribution < 1.29 is 9.13 Å². The Morgan fingerprint density at radius 2 is 2.08 bits per heavy atom. The summed E-state index contributed by atoms with van der Waals surface area (Å²) in [6.45, 7) is 3.44. The molecule has 0 radical (unpaired) electrons. The number of aromatic nitrogens is 1. The van der Waals surface area contributed by atoms with Crippen molar-refractivity contribution >= 4 is 34.6 Å². The standard InChI is InChI=1S/C18H21ClFN3OS/c1-13(14-6-8-21-9-7-14)23(10-3-11-24-2)18(25)22-15-4-5-17(20)16(19)12-15/h4-9,12-13H,3,10-11H2,1-2H3,(H,22,25)/t13-/m1/s1. The van der Waals surface area contributed by atoms with Crippen LogP contribution in [0.15, 0.2) is 42.7 Å². The van der Waals surface area contributed by atoms with E-state index in [-0.39, 0.29) is 11.1 Å². The van der Waals surface area contributed by atoms with Gasteiger partial charge in [0.25, 0.3) is 0 Å². The fourth-order valence-corrected chi connectivity index (χ4v) is 2.99. The average molecular weight is 382 g/mol. The van der Waals surface area contributed by atoms with Crippen LogP contribution >= 0.6 is 23.8 Å². The molecule has 0 aliphatic carbocycles. The largest absolute Gasteiger partial charge is 0.385 e. The van der Waals surface area contributed by atoms with Crippen LogP contribution < -0.4 is 5.32 Å². The molecule has 0 amide bonds. The van der Waals surface area contributed by atoms with Crippen LogP contribution in [0.5, 0.6) is 0 Å². The van der Waals surface area contributed by atoms with E-state index in [9.17, 15) is 4.39 Å². The van der Waals surface area contributed by atoms with Crippen molar-refractivity contribution in [1.29, 1.82) is 0 Å². The molecule has 0 spiro atoms. The number of hydrogen-bond donors (Lipinski definition) is 1. The van der Waals surface area contributed by atoms with Gasteiger partial charge < -0.3 is 15.0 Å². The highest BCUT2D eigenvalue weighted by molar-refractivity contribution is 7.80. The van der Waals surface area contributed by atoms with Crippen molar-refractivity contribution in [1.82, 2.24) is 9.88 Å². The second-order valence-corrected chi connectivity index (χ2v) is 6.35. The molecule has 0 bridgehead atoms. The Labute approximate surface area is 158 Å². The number of thiocarbonyl (C=S) groups is 1. The number of ether oxygens (including phenoxy) is 1. The maximum atomic E-state index is 13.3. The molecule has 0 unspecified atom stereocenters. The number of methoxy groups -OCH3 is 1. The minimum absolute atomic E-state index is 0.0516. The van der Waals surface area contributed by atoms with E-state index in [0.717, 1.165) is 18.5 Å². The van der Waals surface area contributed by atoms with Gasteiger partial charge in [-0.3, -0.25) is 4.98 Å². The first-order valence-corrected chi connectivity index (χ1v) is 8.73. The number of rotatable bonds is 7. The number of hydrogen-bond acceptors (Lipinski definition) is 3. The van der Waals surface area contributed by atoms with Gasteiger partial charge in [-0.05, 0) is 61.5 Å². The van der Waals surface area contributed by atoms with Gasteiger partial charge in [-0.15, -0.1) is 0 Å². The van der Waals surface area contributed by atoms with Gasteiger partial charge in [-0.25, -0.2) is 4.39 Å². The number of anilines is 1. The summed E-state index contributed by atoms with van der Waals surface area (Å²) in [5.41, 5.74) is 1.75. The molecule has 0 saturated heterocycles. The van der Waals surface area contributed by atoms with E-state index >= 15 is 0 Å². The predicted octanol–water partition coefficient (Wildman–Crippen LogP) is 4.67. The highest BCUT2D eigenvalue weighted by atomic mass is 35.5. The minimum Gasteiger partial charge on any atom is -0.385 e. The van der Waals surface area contributed by atoms with Crippen LogP contribution in [0.2, 0.25) is 5.02 Å². The topological polar surface area (TPSA) is 37.4 Å². The Hall–Kier alpha value is -1.76. The first kappa shape index (κ1) is 19.6. The lowest BCUT2D eigenvalue weighted by Crippen LogP contribution is -2.38. The van der Waals surface area contributed by atoms with Gasteiger partial charge in [-0.1, -0.05) is 11.6 Å². The first-order chi connectivity index (χ1) is 12.0. The van der Waals surface area contributed by atoms with Crippen LogP contribution in [0.3, 0.4) is 0 Å². The van der Waals surface area contributed by atoms with Gasteiger partial charge in [0.05, 0.1) is 11.1 Å². The number of benzene rings is 1. The summed E-state index contributed by atoms with van der Waals surface area (Å²) in [6.07, 6.45) is 4.35. The number of halogens is 2. The molecule has 4 nitrogen and oxygen atoms in total. The molecule has 1 N–H and O–H groups in total. The Bertz CT molecular complexity index is 702. The molecule has 7 heteroatoms. The van der Waals surface area contributed by atoms with Gasteiger partial charge in [0.2, 0.25) is 0 Å². The summed E-state index contributed by atoms with van der Waals surface area (Å²) in [4.78, 5) is 6.13. The third-order valence-electron chi connectivity index (χ3n) is 3.84. The molecule has 0 aliphatic heterocycles. The predicted molar refractivity (Wildman–Crippen MR) is 103 cm³/mol. The van der Waals surface area contributed by atoms with Gasteiger partial charge in [0.15, 0.2) is 5.11 Å². The molecule has 2 rings (SSSR count). The molecule has 1 aromatic heterocycles. The zero-order valence-corrected chi connectivity index (χ0v) is 15.8. The van der Waals surface area contributed by atoms with Crippen molar-refractivity contribution in [2.75, 3.05) is 25.6 Å². The molecule has 1 atom stereocenters. The SMILES string of the molecule is COCCCN(C(=S)Nc1ccc(F)c(Cl)c1)[C@H](C)c1ccncc1. The summed E-state index contributed by atoms with van der Waals surface area (Å²) >= 11 is 11.4. The zero-order valence-electron chi connectivity index (χ0n) is 14.2. The lowest BCUT2D eigenvalue weighted by atomic mass is 10.1. The molecular formula is C18H21ClFN3OS. The zero-order chi connectivity index (χ0) is 18.2. The summed E-state index contributed by atoms with van der Waals surface area (Å²) in [5.74, 6) is -0.458.